The number of hydrogen-bond donors (Lipinski definition) is 0. The zero-order chi connectivity index (χ0) is 43.0. The monoisotopic (exact) mass is 831 g/mol. The van der Waals surface area contributed by atoms with Gasteiger partial charge in [-0.25, -0.2) is 9.98 Å². The smallest absolute Gasteiger partial charge is 0.160 e. The van der Waals surface area contributed by atoms with Crippen molar-refractivity contribution < 1.29 is 4.42 Å². The largest absolute Gasteiger partial charge is 0.456 e. The van der Waals surface area contributed by atoms with Crippen LogP contribution in [-0.4, -0.2) is 16.1 Å². The molecule has 1 atom stereocenters. The molecule has 2 aromatic heterocycles. The molecule has 10 aromatic carbocycles. The highest BCUT2D eigenvalue weighted by atomic mass is 16.3. The Morgan fingerprint density at radius 2 is 1.09 bits per heavy atom. The van der Waals surface area contributed by atoms with Crippen molar-refractivity contribution in [3.8, 4) is 16.8 Å². The maximum atomic E-state index is 6.66. The van der Waals surface area contributed by atoms with Crippen LogP contribution in [0.25, 0.3) is 98.6 Å². The van der Waals surface area contributed by atoms with Crippen LogP contribution in [0.3, 0.4) is 0 Å². The van der Waals surface area contributed by atoms with Crippen molar-refractivity contribution in [3.63, 3.8) is 0 Å². The topological polar surface area (TPSA) is 42.8 Å². The summed E-state index contributed by atoms with van der Waals surface area (Å²) < 4.78 is 9.11. The number of fused-ring (bicyclic) bond motifs is 10. The van der Waals surface area contributed by atoms with Gasteiger partial charge in [0.25, 0.3) is 0 Å². The minimum Gasteiger partial charge on any atom is -0.456 e. The van der Waals surface area contributed by atoms with E-state index in [-0.39, 0.29) is 5.92 Å². The van der Waals surface area contributed by atoms with E-state index < -0.39 is 0 Å². The average molecular weight is 832 g/mol. The fourth-order valence-electron chi connectivity index (χ4n) is 10.2. The molecule has 4 heteroatoms. The van der Waals surface area contributed by atoms with E-state index in [1.165, 1.54) is 48.8 Å². The molecule has 0 spiro atoms. The maximum absolute atomic E-state index is 6.66. The summed E-state index contributed by atoms with van der Waals surface area (Å²) in [5.41, 5.74) is 12.3. The van der Waals surface area contributed by atoms with E-state index in [1.54, 1.807) is 0 Å². The molecule has 65 heavy (non-hydrogen) atoms. The second-order valence-electron chi connectivity index (χ2n) is 17.3. The van der Waals surface area contributed by atoms with Crippen LogP contribution in [0.4, 0.5) is 0 Å². The van der Waals surface area contributed by atoms with Crippen LogP contribution in [0.2, 0.25) is 0 Å². The van der Waals surface area contributed by atoms with Crippen molar-refractivity contribution in [3.05, 3.63) is 229 Å². The molecule has 0 aliphatic carbocycles. The SMILES string of the molecule is CC1C/C=C(\c2c(-n3c4ccccc4c4cc5ccccc5cc43)ccc3oc4ccccc4c23)N=C(c2ccc3c(ccc4ccccc43)c2)N=C1c1ccc(-c2ccccc2)cc1. The summed E-state index contributed by atoms with van der Waals surface area (Å²) in [6.07, 6.45) is 3.08. The van der Waals surface area contributed by atoms with E-state index in [1.807, 2.05) is 6.07 Å². The number of nitrogens with zero attached hydrogens (tertiary/aromatic N) is 3. The van der Waals surface area contributed by atoms with Crippen molar-refractivity contribution in [2.24, 2.45) is 15.9 Å². The van der Waals surface area contributed by atoms with Crippen LogP contribution in [0.5, 0.6) is 0 Å². The number of para-hydroxylation sites is 2. The van der Waals surface area contributed by atoms with Gasteiger partial charge >= 0.3 is 0 Å². The molecule has 0 radical (unpaired) electrons. The van der Waals surface area contributed by atoms with Crippen LogP contribution >= 0.6 is 0 Å². The molecule has 1 aliphatic rings. The summed E-state index contributed by atoms with van der Waals surface area (Å²) in [4.78, 5) is 11.4. The molecule has 0 saturated heterocycles. The Morgan fingerprint density at radius 1 is 0.446 bits per heavy atom. The van der Waals surface area contributed by atoms with Crippen LogP contribution in [0, 0.1) is 5.92 Å². The van der Waals surface area contributed by atoms with Crippen molar-refractivity contribution in [1.82, 2.24) is 4.57 Å². The van der Waals surface area contributed by atoms with Gasteiger partial charge in [0, 0.05) is 38.6 Å². The normalized spacial score (nSPS) is 15.4. The van der Waals surface area contributed by atoms with Crippen LogP contribution in [-0.2, 0) is 0 Å². The van der Waals surface area contributed by atoms with Gasteiger partial charge in [0.15, 0.2) is 5.84 Å². The van der Waals surface area contributed by atoms with Gasteiger partial charge in [-0.2, -0.15) is 0 Å². The summed E-state index contributed by atoms with van der Waals surface area (Å²) in [5, 5.41) is 11.7. The van der Waals surface area contributed by atoms with Crippen LogP contribution in [0.1, 0.15) is 30.0 Å². The molecule has 0 N–H and O–H groups in total. The fourth-order valence-corrected chi connectivity index (χ4v) is 10.2. The van der Waals surface area contributed by atoms with Gasteiger partial charge in [0.05, 0.1) is 28.1 Å². The molecular formula is C61H41N3O. The molecule has 12 aromatic rings. The van der Waals surface area contributed by atoms with Gasteiger partial charge in [-0.15, -0.1) is 0 Å². The number of amidine groups is 1. The molecule has 0 fully saturated rings. The number of hydrogen-bond acceptors (Lipinski definition) is 3. The van der Waals surface area contributed by atoms with Crippen molar-refractivity contribution in [2.45, 2.75) is 13.3 Å². The molecule has 13 rings (SSSR count). The summed E-state index contributed by atoms with van der Waals surface area (Å²) in [6, 6.07) is 74.0. The predicted molar refractivity (Wildman–Crippen MR) is 274 cm³/mol. The zero-order valence-electron chi connectivity index (χ0n) is 35.7. The third-order valence-electron chi connectivity index (χ3n) is 13.4. The number of allylic oxidation sites excluding steroid dienone is 1. The molecule has 0 amide bonds. The molecule has 0 bridgehead atoms. The highest BCUT2D eigenvalue weighted by Crippen LogP contribution is 2.43. The lowest BCUT2D eigenvalue weighted by Gasteiger charge is -2.21. The average Bonchev–Trinajstić information content (AvgIpc) is 3.90. The van der Waals surface area contributed by atoms with Crippen LogP contribution < -0.4 is 0 Å². The third kappa shape index (κ3) is 6.13. The van der Waals surface area contributed by atoms with E-state index in [4.69, 9.17) is 14.4 Å². The van der Waals surface area contributed by atoms with E-state index in [2.05, 4.69) is 218 Å². The number of rotatable bonds is 5. The zero-order valence-corrected chi connectivity index (χ0v) is 35.7. The standard InChI is InChI=1S/C61H41N3O/c1-38-23-32-52(62-61(46-30-31-48-45(35-46)29-26-41-15-7-8-18-47(41)48)63-60(38)42-27-24-40(25-28-42)39-13-3-2-4-14-39)59-54(33-34-57-58(59)50-20-10-12-22-56(50)65-57)64-53-21-11-9-19-49(53)51-36-43-16-5-6-17-44(43)37-55(51)64/h2-22,24-38H,23H2,1H3/b52-32+,62-61?,63-60?. The maximum Gasteiger partial charge on any atom is 0.160 e. The quantitative estimate of drug-likeness (QED) is 0.159. The minimum atomic E-state index is 0.0748. The Kier molecular flexibility index (Phi) is 8.53. The number of furan rings is 1. The van der Waals surface area contributed by atoms with Crippen molar-refractivity contribution >= 4 is 93.3 Å². The molecule has 1 unspecified atom stereocenters. The Morgan fingerprint density at radius 3 is 1.94 bits per heavy atom. The highest BCUT2D eigenvalue weighted by molar-refractivity contribution is 6.20. The van der Waals surface area contributed by atoms with Gasteiger partial charge in [-0.1, -0.05) is 177 Å². The molecule has 1 aliphatic heterocycles. The fraction of sp³-hybridized carbons (Fsp3) is 0.0492. The van der Waals surface area contributed by atoms with E-state index in [0.717, 1.165) is 78.6 Å². The molecular weight excluding hydrogens is 791 g/mol. The van der Waals surface area contributed by atoms with Crippen molar-refractivity contribution in [1.29, 1.82) is 0 Å². The Bertz CT molecular complexity index is 3980. The minimum absolute atomic E-state index is 0.0748. The number of aromatic nitrogens is 1. The second kappa shape index (κ2) is 14.9. The third-order valence-corrected chi connectivity index (χ3v) is 13.4. The lowest BCUT2D eigenvalue weighted by Crippen LogP contribution is -2.17. The molecule has 306 valence electrons. The summed E-state index contributed by atoms with van der Waals surface area (Å²) in [5.74, 6) is 0.745. The number of benzene rings is 10. The first-order valence-electron chi connectivity index (χ1n) is 22.5. The number of aliphatic imine (C=N–C) groups is 2. The highest BCUT2D eigenvalue weighted by Gasteiger charge is 2.25. The van der Waals surface area contributed by atoms with Gasteiger partial charge in [-0.05, 0) is 97.9 Å². The van der Waals surface area contributed by atoms with E-state index >= 15 is 0 Å². The molecule has 0 saturated carbocycles. The predicted octanol–water partition coefficient (Wildman–Crippen LogP) is 16.1. The Hall–Kier alpha value is -8.34. The van der Waals surface area contributed by atoms with Crippen LogP contribution in [0.15, 0.2) is 227 Å². The first kappa shape index (κ1) is 37.2. The van der Waals surface area contributed by atoms with Crippen molar-refractivity contribution in [2.75, 3.05) is 0 Å². The summed E-state index contributed by atoms with van der Waals surface area (Å²) in [6.45, 7) is 2.29. The van der Waals surface area contributed by atoms with Gasteiger partial charge in [0.1, 0.15) is 11.2 Å². The van der Waals surface area contributed by atoms with E-state index in [9.17, 15) is 0 Å². The molecule has 4 nitrogen and oxygen atoms in total. The lowest BCUT2D eigenvalue weighted by atomic mass is 9.91. The van der Waals surface area contributed by atoms with Gasteiger partial charge < -0.3 is 8.98 Å². The van der Waals surface area contributed by atoms with Gasteiger partial charge in [0.2, 0.25) is 0 Å². The molecule has 3 heterocycles. The Balaban J connectivity index is 1.09. The Labute approximate surface area is 375 Å². The summed E-state index contributed by atoms with van der Waals surface area (Å²) in [7, 11) is 0. The first-order chi connectivity index (χ1) is 32.1. The first-order valence-corrected chi connectivity index (χ1v) is 22.5. The lowest BCUT2D eigenvalue weighted by molar-refractivity contribution is 0.669. The summed E-state index contributed by atoms with van der Waals surface area (Å²) >= 11 is 0. The van der Waals surface area contributed by atoms with Gasteiger partial charge in [-0.3, -0.25) is 0 Å². The second-order valence-corrected chi connectivity index (χ2v) is 17.3. The van der Waals surface area contributed by atoms with E-state index in [0.29, 0.717) is 5.84 Å².